The number of hydrogen-bond acceptors (Lipinski definition) is 4. The van der Waals surface area contributed by atoms with Crippen molar-refractivity contribution in [1.29, 1.82) is 0 Å². The number of carbonyl (C=O) groups is 2. The van der Waals surface area contributed by atoms with Crippen LogP contribution in [0.15, 0.2) is 47.4 Å². The quantitative estimate of drug-likeness (QED) is 0.452. The van der Waals surface area contributed by atoms with E-state index in [1.165, 1.54) is 22.3 Å². The first-order valence-electron chi connectivity index (χ1n) is 10.8. The number of nitrogens with zero attached hydrogens (tertiary/aromatic N) is 1. The molecule has 0 aromatic heterocycles. The van der Waals surface area contributed by atoms with Gasteiger partial charge in [-0.1, -0.05) is 52.0 Å². The molecule has 2 aromatic rings. The summed E-state index contributed by atoms with van der Waals surface area (Å²) in [7, 11) is 4.08. The Morgan fingerprint density at radius 2 is 1.53 bits per heavy atom. The number of fused-ring (bicyclic) bond motifs is 1. The summed E-state index contributed by atoms with van der Waals surface area (Å²) in [5.74, 6) is -0.334. The molecule has 1 N–H and O–H groups in total. The molecule has 1 saturated heterocycles. The number of carbonyl (C=O) groups excluding carboxylic acids is 2. The van der Waals surface area contributed by atoms with E-state index in [4.69, 9.17) is 0 Å². The summed E-state index contributed by atoms with van der Waals surface area (Å²) < 4.78 is 0. The molecule has 1 fully saturated rings. The summed E-state index contributed by atoms with van der Waals surface area (Å²) in [6.07, 6.45) is 6.42. The number of imide groups is 1. The number of amides is 2. The Bertz CT molecular complexity index is 1200. The first kappa shape index (κ1) is 22.4. The number of benzene rings is 2. The molecule has 2 aromatic carbocycles. The van der Waals surface area contributed by atoms with Crippen molar-refractivity contribution in [2.45, 2.75) is 45.4 Å². The molecule has 1 aliphatic heterocycles. The molecule has 0 spiro atoms. The minimum atomic E-state index is -0.334. The lowest BCUT2D eigenvalue weighted by molar-refractivity contribution is -0.115. The number of rotatable bonds is 3. The van der Waals surface area contributed by atoms with Crippen LogP contribution < -0.4 is 10.2 Å². The number of hydrogen-bond donors (Lipinski definition) is 1. The van der Waals surface area contributed by atoms with Crippen molar-refractivity contribution < 1.29 is 9.59 Å². The van der Waals surface area contributed by atoms with Crippen LogP contribution in [0.1, 0.15) is 49.9 Å². The lowest BCUT2D eigenvalue weighted by Crippen LogP contribution is -2.29. The van der Waals surface area contributed by atoms with Crippen LogP contribution in [0.25, 0.3) is 17.2 Å². The smallest absolute Gasteiger partial charge is 0.290 e. The van der Waals surface area contributed by atoms with Crippen molar-refractivity contribution in [2.24, 2.45) is 0 Å². The zero-order chi connectivity index (χ0) is 23.4. The van der Waals surface area contributed by atoms with Crippen LogP contribution in [0.3, 0.4) is 0 Å². The first-order chi connectivity index (χ1) is 14.9. The highest BCUT2D eigenvalue weighted by molar-refractivity contribution is 8.18. The highest BCUT2D eigenvalue weighted by Crippen LogP contribution is 2.45. The minimum Gasteiger partial charge on any atom is -0.377 e. The fraction of sp³-hybridized carbons (Fsp3) is 0.333. The molecule has 5 heteroatoms. The number of nitrogens with one attached hydrogen (secondary N) is 1. The van der Waals surface area contributed by atoms with Crippen molar-refractivity contribution in [3.8, 4) is 11.1 Å². The Kier molecular flexibility index (Phi) is 5.36. The molecule has 0 unspecified atom stereocenters. The van der Waals surface area contributed by atoms with Gasteiger partial charge in [0, 0.05) is 36.2 Å². The van der Waals surface area contributed by atoms with Gasteiger partial charge in [-0.3, -0.25) is 14.9 Å². The van der Waals surface area contributed by atoms with E-state index in [1.54, 1.807) is 6.08 Å². The SMILES string of the molecule is Cc1cc2c(cc1-c1cc(/C=C3/SC(=O)NC3=O)ccc1N(C)C)C(C)(C)C=CC2(C)C. The highest BCUT2D eigenvalue weighted by atomic mass is 32.2. The maximum absolute atomic E-state index is 12.0. The van der Waals surface area contributed by atoms with Crippen molar-refractivity contribution in [3.05, 3.63) is 69.6 Å². The molecule has 1 aliphatic carbocycles. The largest absolute Gasteiger partial charge is 0.377 e. The lowest BCUT2D eigenvalue weighted by atomic mass is 9.67. The van der Waals surface area contributed by atoms with Gasteiger partial charge in [0.2, 0.25) is 0 Å². The van der Waals surface area contributed by atoms with E-state index >= 15 is 0 Å². The Labute approximate surface area is 194 Å². The number of thioether (sulfide) groups is 1. The number of allylic oxidation sites excluding steroid dienone is 2. The van der Waals surface area contributed by atoms with Crippen molar-refractivity contribution in [3.63, 3.8) is 0 Å². The number of aryl methyl sites for hydroxylation is 1. The van der Waals surface area contributed by atoms with Crippen LogP contribution in [0.4, 0.5) is 10.5 Å². The van der Waals surface area contributed by atoms with Crippen LogP contribution in [-0.4, -0.2) is 25.2 Å². The van der Waals surface area contributed by atoms with Gasteiger partial charge in [0.1, 0.15) is 0 Å². The highest BCUT2D eigenvalue weighted by Gasteiger charge is 2.33. The van der Waals surface area contributed by atoms with Crippen LogP contribution >= 0.6 is 11.8 Å². The van der Waals surface area contributed by atoms with Gasteiger partial charge in [0.25, 0.3) is 11.1 Å². The Hall–Kier alpha value is -2.79. The maximum Gasteiger partial charge on any atom is 0.290 e. The molecule has 32 heavy (non-hydrogen) atoms. The average molecular weight is 447 g/mol. The molecule has 0 atom stereocenters. The summed E-state index contributed by atoms with van der Waals surface area (Å²) >= 11 is 0.945. The van der Waals surface area contributed by atoms with Crippen molar-refractivity contribution in [2.75, 3.05) is 19.0 Å². The average Bonchev–Trinajstić information content (AvgIpc) is 3.02. The summed E-state index contributed by atoms with van der Waals surface area (Å²) in [5, 5.41) is 2.00. The Morgan fingerprint density at radius 1 is 0.906 bits per heavy atom. The third-order valence-electron chi connectivity index (χ3n) is 6.40. The lowest BCUT2D eigenvalue weighted by Gasteiger charge is -2.37. The normalized spacial score (nSPS) is 19.8. The van der Waals surface area contributed by atoms with E-state index in [0.29, 0.717) is 4.91 Å². The molecule has 2 amide bonds. The summed E-state index contributed by atoms with van der Waals surface area (Å²) in [5.41, 5.74) is 8.18. The molecule has 0 radical (unpaired) electrons. The number of anilines is 1. The molecule has 0 saturated carbocycles. The summed E-state index contributed by atoms with van der Waals surface area (Å²) in [4.78, 5) is 26.1. The molecule has 4 nitrogen and oxygen atoms in total. The fourth-order valence-electron chi connectivity index (χ4n) is 4.48. The molecule has 0 bridgehead atoms. The van der Waals surface area contributed by atoms with E-state index < -0.39 is 0 Å². The van der Waals surface area contributed by atoms with Crippen LogP contribution in [0.5, 0.6) is 0 Å². The molecule has 1 heterocycles. The van der Waals surface area contributed by atoms with Gasteiger partial charge in [-0.15, -0.1) is 0 Å². The maximum atomic E-state index is 12.0. The first-order valence-corrected chi connectivity index (χ1v) is 11.6. The second-order valence-corrected chi connectivity index (χ2v) is 11.0. The van der Waals surface area contributed by atoms with Gasteiger partial charge < -0.3 is 4.90 Å². The molecular formula is C27H30N2O2S. The van der Waals surface area contributed by atoms with Crippen molar-refractivity contribution >= 4 is 34.7 Å². The van der Waals surface area contributed by atoms with Gasteiger partial charge in [0.15, 0.2) is 0 Å². The molecule has 2 aliphatic rings. The summed E-state index contributed by atoms with van der Waals surface area (Å²) in [6, 6.07) is 10.9. The van der Waals surface area contributed by atoms with Gasteiger partial charge in [0.05, 0.1) is 4.91 Å². The summed E-state index contributed by atoms with van der Waals surface area (Å²) in [6.45, 7) is 11.2. The molecular weight excluding hydrogens is 416 g/mol. The Morgan fingerprint density at radius 3 is 2.09 bits per heavy atom. The van der Waals surface area contributed by atoms with Gasteiger partial charge >= 0.3 is 0 Å². The van der Waals surface area contributed by atoms with Crippen LogP contribution in [-0.2, 0) is 15.6 Å². The van der Waals surface area contributed by atoms with Gasteiger partial charge in [-0.05, 0) is 70.8 Å². The molecule has 4 rings (SSSR count). The standard InChI is InChI=1S/C27H30N2O2S/c1-16-12-20-21(27(4,5)11-10-26(20,2)3)15-18(16)19-13-17(8-9-22(19)29(6)7)14-23-24(30)28-25(31)32-23/h8-15H,1-7H3,(H,28,30,31)/b23-14+. The second kappa shape index (κ2) is 7.66. The fourth-order valence-corrected chi connectivity index (χ4v) is 5.16. The second-order valence-electron chi connectivity index (χ2n) is 10.0. The van der Waals surface area contributed by atoms with E-state index in [0.717, 1.165) is 28.6 Å². The topological polar surface area (TPSA) is 49.4 Å². The van der Waals surface area contributed by atoms with Gasteiger partial charge in [-0.2, -0.15) is 0 Å². The predicted octanol–water partition coefficient (Wildman–Crippen LogP) is 6.18. The van der Waals surface area contributed by atoms with E-state index in [9.17, 15) is 9.59 Å². The zero-order valence-electron chi connectivity index (χ0n) is 19.8. The zero-order valence-corrected chi connectivity index (χ0v) is 20.6. The van der Waals surface area contributed by atoms with E-state index in [-0.39, 0.29) is 22.0 Å². The van der Waals surface area contributed by atoms with Crippen LogP contribution in [0, 0.1) is 6.92 Å². The third-order valence-corrected chi connectivity index (χ3v) is 7.21. The van der Waals surface area contributed by atoms with Crippen molar-refractivity contribution in [1.82, 2.24) is 5.32 Å². The van der Waals surface area contributed by atoms with E-state index in [2.05, 4.69) is 81.3 Å². The monoisotopic (exact) mass is 446 g/mol. The van der Waals surface area contributed by atoms with Crippen LogP contribution in [0.2, 0.25) is 0 Å². The Balaban J connectivity index is 1.91. The predicted molar refractivity (Wildman–Crippen MR) is 135 cm³/mol. The molecule has 166 valence electrons. The minimum absolute atomic E-state index is 0.00954. The van der Waals surface area contributed by atoms with E-state index in [1.807, 2.05) is 20.2 Å². The van der Waals surface area contributed by atoms with Gasteiger partial charge in [-0.25, -0.2) is 0 Å². The third kappa shape index (κ3) is 3.90.